The summed E-state index contributed by atoms with van der Waals surface area (Å²) in [7, 11) is 4.26. The average Bonchev–Trinajstić information content (AvgIpc) is 2.82. The Bertz CT molecular complexity index is 330. The molecule has 0 aliphatic heterocycles. The van der Waals surface area contributed by atoms with Crippen LogP contribution in [0.5, 0.6) is 0 Å². The molecule has 1 aromatic heterocycles. The summed E-state index contributed by atoms with van der Waals surface area (Å²) in [6, 6.07) is 2.80. The third-order valence-corrected chi connectivity index (χ3v) is 3.42. The highest BCUT2D eigenvalue weighted by atomic mass is 15.1. The summed E-state index contributed by atoms with van der Waals surface area (Å²) in [6.07, 6.45) is 9.40. The molecule has 3 heteroatoms. The SMILES string of the molecule is CCCNC(CCC)c1ccn(CCCN(C)C)c1. The van der Waals surface area contributed by atoms with Crippen molar-refractivity contribution >= 4 is 0 Å². The molecule has 1 rings (SSSR count). The first-order valence-corrected chi connectivity index (χ1v) is 7.71. The van der Waals surface area contributed by atoms with Gasteiger partial charge in [-0.25, -0.2) is 0 Å². The summed E-state index contributed by atoms with van der Waals surface area (Å²) in [5.41, 5.74) is 1.44. The molecule has 1 aromatic rings. The lowest BCUT2D eigenvalue weighted by molar-refractivity contribution is 0.386. The van der Waals surface area contributed by atoms with Gasteiger partial charge < -0.3 is 14.8 Å². The van der Waals surface area contributed by atoms with E-state index in [9.17, 15) is 0 Å². The highest BCUT2D eigenvalue weighted by Crippen LogP contribution is 2.19. The highest BCUT2D eigenvalue weighted by molar-refractivity contribution is 5.15. The van der Waals surface area contributed by atoms with Gasteiger partial charge in [0.25, 0.3) is 0 Å². The van der Waals surface area contributed by atoms with Crippen molar-refractivity contribution in [2.75, 3.05) is 27.2 Å². The maximum Gasteiger partial charge on any atom is 0.0335 e. The smallest absolute Gasteiger partial charge is 0.0335 e. The zero-order valence-corrected chi connectivity index (χ0v) is 13.2. The summed E-state index contributed by atoms with van der Waals surface area (Å²) < 4.78 is 2.33. The number of nitrogens with one attached hydrogen (secondary N) is 1. The summed E-state index contributed by atoms with van der Waals surface area (Å²) in [4.78, 5) is 2.24. The molecule has 0 aromatic carbocycles. The van der Waals surface area contributed by atoms with Gasteiger partial charge in [0.15, 0.2) is 0 Å². The molecule has 1 heterocycles. The third kappa shape index (κ3) is 6.26. The van der Waals surface area contributed by atoms with Crippen molar-refractivity contribution in [3.63, 3.8) is 0 Å². The monoisotopic (exact) mass is 265 g/mol. The van der Waals surface area contributed by atoms with Crippen LogP contribution in [0.2, 0.25) is 0 Å². The largest absolute Gasteiger partial charge is 0.354 e. The Morgan fingerprint density at radius 2 is 2.05 bits per heavy atom. The van der Waals surface area contributed by atoms with Crippen LogP contribution in [0.1, 0.15) is 51.1 Å². The first-order valence-electron chi connectivity index (χ1n) is 7.71. The molecule has 110 valence electrons. The van der Waals surface area contributed by atoms with Crippen molar-refractivity contribution < 1.29 is 0 Å². The molecule has 1 atom stereocenters. The fraction of sp³-hybridized carbons (Fsp3) is 0.750. The average molecular weight is 265 g/mol. The first-order chi connectivity index (χ1) is 9.17. The molecule has 0 fully saturated rings. The van der Waals surface area contributed by atoms with Gasteiger partial charge in [0, 0.05) is 25.0 Å². The van der Waals surface area contributed by atoms with Crippen molar-refractivity contribution in [2.45, 2.75) is 52.1 Å². The molecule has 1 N–H and O–H groups in total. The molecule has 1 unspecified atom stereocenters. The maximum absolute atomic E-state index is 3.65. The normalized spacial score (nSPS) is 13.1. The van der Waals surface area contributed by atoms with E-state index < -0.39 is 0 Å². The molecule has 0 amide bonds. The van der Waals surface area contributed by atoms with Gasteiger partial charge in [-0.1, -0.05) is 20.3 Å². The molecule has 0 radical (unpaired) electrons. The number of hydrogen-bond donors (Lipinski definition) is 1. The van der Waals surface area contributed by atoms with Crippen LogP contribution < -0.4 is 5.32 Å². The molecule has 0 spiro atoms. The predicted octanol–water partition coefficient (Wildman–Crippen LogP) is 3.28. The van der Waals surface area contributed by atoms with Gasteiger partial charge in [-0.2, -0.15) is 0 Å². The molecule has 0 saturated carbocycles. The van der Waals surface area contributed by atoms with Crippen LogP contribution in [0, 0.1) is 0 Å². The van der Waals surface area contributed by atoms with E-state index in [0.717, 1.165) is 19.6 Å². The van der Waals surface area contributed by atoms with Gasteiger partial charge in [0.05, 0.1) is 0 Å². The first kappa shape index (κ1) is 16.3. The van der Waals surface area contributed by atoms with Crippen LogP contribution >= 0.6 is 0 Å². The van der Waals surface area contributed by atoms with Crippen LogP contribution in [0.25, 0.3) is 0 Å². The second-order valence-corrected chi connectivity index (χ2v) is 5.63. The van der Waals surface area contributed by atoms with Crippen molar-refractivity contribution in [3.8, 4) is 0 Å². The minimum Gasteiger partial charge on any atom is -0.354 e. The Labute approximate surface area is 119 Å². The van der Waals surface area contributed by atoms with Gasteiger partial charge in [-0.05, 0) is 58.1 Å². The van der Waals surface area contributed by atoms with E-state index in [2.05, 4.69) is 61.2 Å². The molecule has 3 nitrogen and oxygen atoms in total. The van der Waals surface area contributed by atoms with Gasteiger partial charge in [0.2, 0.25) is 0 Å². The zero-order valence-electron chi connectivity index (χ0n) is 13.2. The van der Waals surface area contributed by atoms with E-state index in [4.69, 9.17) is 0 Å². The molecular weight excluding hydrogens is 234 g/mol. The Balaban J connectivity index is 2.49. The minimum absolute atomic E-state index is 0.528. The van der Waals surface area contributed by atoms with E-state index in [1.165, 1.54) is 31.2 Å². The number of hydrogen-bond acceptors (Lipinski definition) is 2. The van der Waals surface area contributed by atoms with Gasteiger partial charge in [-0.3, -0.25) is 0 Å². The van der Waals surface area contributed by atoms with Crippen LogP contribution in [0.4, 0.5) is 0 Å². The summed E-state index contributed by atoms with van der Waals surface area (Å²) >= 11 is 0. The summed E-state index contributed by atoms with van der Waals surface area (Å²) in [5.74, 6) is 0. The van der Waals surface area contributed by atoms with Gasteiger partial charge >= 0.3 is 0 Å². The quantitative estimate of drug-likeness (QED) is 0.700. The fourth-order valence-electron chi connectivity index (χ4n) is 2.37. The van der Waals surface area contributed by atoms with Crippen molar-refractivity contribution in [1.82, 2.24) is 14.8 Å². The topological polar surface area (TPSA) is 20.2 Å². The number of nitrogens with zero attached hydrogens (tertiary/aromatic N) is 2. The van der Waals surface area contributed by atoms with Crippen molar-refractivity contribution in [3.05, 3.63) is 24.0 Å². The van der Waals surface area contributed by atoms with Gasteiger partial charge in [0.1, 0.15) is 0 Å². The Hall–Kier alpha value is -0.800. The van der Waals surface area contributed by atoms with Crippen LogP contribution in [0.15, 0.2) is 18.5 Å². The van der Waals surface area contributed by atoms with E-state index in [-0.39, 0.29) is 0 Å². The second kappa shape index (κ2) is 9.16. The number of rotatable bonds is 10. The molecule has 0 bridgehead atoms. The third-order valence-electron chi connectivity index (χ3n) is 3.42. The van der Waals surface area contributed by atoms with E-state index in [1.54, 1.807) is 0 Å². The lowest BCUT2D eigenvalue weighted by atomic mass is 10.1. The molecular formula is C16H31N3. The van der Waals surface area contributed by atoms with Crippen LogP contribution in [-0.4, -0.2) is 36.7 Å². The van der Waals surface area contributed by atoms with E-state index in [0.29, 0.717) is 6.04 Å². The van der Waals surface area contributed by atoms with Crippen molar-refractivity contribution in [2.24, 2.45) is 0 Å². The Kier molecular flexibility index (Phi) is 7.84. The molecule has 0 aliphatic carbocycles. The second-order valence-electron chi connectivity index (χ2n) is 5.63. The van der Waals surface area contributed by atoms with Crippen molar-refractivity contribution in [1.29, 1.82) is 0 Å². The lowest BCUT2D eigenvalue weighted by Crippen LogP contribution is -2.21. The zero-order chi connectivity index (χ0) is 14.1. The van der Waals surface area contributed by atoms with E-state index >= 15 is 0 Å². The lowest BCUT2D eigenvalue weighted by Gasteiger charge is -2.16. The van der Waals surface area contributed by atoms with Crippen LogP contribution in [0.3, 0.4) is 0 Å². The fourth-order valence-corrected chi connectivity index (χ4v) is 2.37. The molecule has 0 saturated heterocycles. The van der Waals surface area contributed by atoms with E-state index in [1.807, 2.05) is 0 Å². The Morgan fingerprint density at radius 1 is 1.26 bits per heavy atom. The summed E-state index contributed by atoms with van der Waals surface area (Å²) in [5, 5.41) is 3.65. The summed E-state index contributed by atoms with van der Waals surface area (Å²) in [6.45, 7) is 7.86. The van der Waals surface area contributed by atoms with Crippen LogP contribution in [-0.2, 0) is 6.54 Å². The van der Waals surface area contributed by atoms with Gasteiger partial charge in [-0.15, -0.1) is 0 Å². The number of aromatic nitrogens is 1. The maximum atomic E-state index is 3.65. The highest BCUT2D eigenvalue weighted by Gasteiger charge is 2.10. The standard InChI is InChI=1S/C16H31N3/c1-5-8-16(17-10-6-2)15-9-13-19(14-15)12-7-11-18(3)4/h9,13-14,16-17H,5-8,10-12H2,1-4H3. The predicted molar refractivity (Wildman–Crippen MR) is 83.5 cm³/mol. The molecule has 19 heavy (non-hydrogen) atoms. The minimum atomic E-state index is 0.528. The Morgan fingerprint density at radius 3 is 2.68 bits per heavy atom. The number of aryl methyl sites for hydroxylation is 1. The molecule has 0 aliphatic rings.